The summed E-state index contributed by atoms with van der Waals surface area (Å²) in [5.74, 6) is 2.44. The van der Waals surface area contributed by atoms with Crippen LogP contribution in [0.3, 0.4) is 0 Å². The van der Waals surface area contributed by atoms with Crippen LogP contribution in [0.2, 0.25) is 5.02 Å². The van der Waals surface area contributed by atoms with Crippen LogP contribution in [0.15, 0.2) is 57.5 Å². The van der Waals surface area contributed by atoms with Crippen molar-refractivity contribution >= 4 is 11.6 Å². The number of aromatic nitrogens is 4. The van der Waals surface area contributed by atoms with Gasteiger partial charge in [-0.25, -0.2) is 0 Å². The lowest BCUT2D eigenvalue weighted by Gasteiger charge is -2.02. The second kappa shape index (κ2) is 7.59. The largest absolute Gasteiger partial charge is 0.494 e. The minimum Gasteiger partial charge on any atom is -0.494 e. The van der Waals surface area contributed by atoms with Gasteiger partial charge >= 0.3 is 0 Å². The molecule has 0 bridgehead atoms. The Labute approximate surface area is 160 Å². The molecule has 0 aliphatic heterocycles. The molecule has 27 heavy (non-hydrogen) atoms. The standard InChI is InChI=1S/C19H15ClN4O3/c1-2-25-15-8-6-12(7-9-15)18-21-16(27-24-18)11-17-22-23-19(26-17)13-4-3-5-14(20)10-13/h3-10H,2,11H2,1H3. The molecule has 4 aromatic rings. The van der Waals surface area contributed by atoms with Gasteiger partial charge in [0.1, 0.15) is 12.2 Å². The fourth-order valence-corrected chi connectivity index (χ4v) is 2.69. The summed E-state index contributed by atoms with van der Waals surface area (Å²) < 4.78 is 16.4. The summed E-state index contributed by atoms with van der Waals surface area (Å²) in [4.78, 5) is 4.38. The Hall–Kier alpha value is -3.19. The van der Waals surface area contributed by atoms with Gasteiger partial charge in [-0.1, -0.05) is 22.8 Å². The van der Waals surface area contributed by atoms with Crippen LogP contribution in [-0.2, 0) is 6.42 Å². The predicted octanol–water partition coefficient (Wildman–Crippen LogP) is 4.43. The van der Waals surface area contributed by atoms with Gasteiger partial charge in [0.15, 0.2) is 0 Å². The number of nitrogens with zero attached hydrogens (tertiary/aromatic N) is 4. The molecule has 0 N–H and O–H groups in total. The van der Waals surface area contributed by atoms with Crippen molar-refractivity contribution in [2.45, 2.75) is 13.3 Å². The van der Waals surface area contributed by atoms with Crippen LogP contribution in [0, 0.1) is 0 Å². The molecule has 0 spiro atoms. The lowest BCUT2D eigenvalue weighted by atomic mass is 10.2. The van der Waals surface area contributed by atoms with E-state index in [1.807, 2.05) is 43.3 Å². The first-order chi connectivity index (χ1) is 13.2. The number of halogens is 1. The van der Waals surface area contributed by atoms with Gasteiger partial charge in [0.2, 0.25) is 23.5 Å². The van der Waals surface area contributed by atoms with Gasteiger partial charge in [-0.15, -0.1) is 10.2 Å². The first-order valence-electron chi connectivity index (χ1n) is 8.35. The Bertz CT molecular complexity index is 1040. The number of rotatable bonds is 6. The fraction of sp³-hybridized carbons (Fsp3) is 0.158. The van der Waals surface area contributed by atoms with Gasteiger partial charge < -0.3 is 13.7 Å². The first-order valence-corrected chi connectivity index (χ1v) is 8.73. The zero-order valence-corrected chi connectivity index (χ0v) is 15.2. The molecule has 0 saturated heterocycles. The number of benzene rings is 2. The van der Waals surface area contributed by atoms with Crippen molar-refractivity contribution in [3.8, 4) is 28.6 Å². The Morgan fingerprint density at radius 1 is 1.00 bits per heavy atom. The first kappa shape index (κ1) is 17.2. The van der Waals surface area contributed by atoms with Crippen LogP contribution >= 0.6 is 11.6 Å². The van der Waals surface area contributed by atoms with E-state index >= 15 is 0 Å². The Morgan fingerprint density at radius 3 is 2.63 bits per heavy atom. The second-order valence-electron chi connectivity index (χ2n) is 5.66. The highest BCUT2D eigenvalue weighted by Gasteiger charge is 2.14. The maximum absolute atomic E-state index is 5.99. The SMILES string of the molecule is CCOc1ccc(-c2noc(Cc3nnc(-c4cccc(Cl)c4)o3)n2)cc1. The molecule has 8 heteroatoms. The van der Waals surface area contributed by atoms with Gasteiger partial charge in [0.25, 0.3) is 0 Å². The van der Waals surface area contributed by atoms with Crippen LogP contribution in [-0.4, -0.2) is 26.9 Å². The van der Waals surface area contributed by atoms with Gasteiger partial charge in [-0.3, -0.25) is 0 Å². The zero-order chi connectivity index (χ0) is 18.6. The Kier molecular flexibility index (Phi) is 4.84. The van der Waals surface area contributed by atoms with E-state index in [1.165, 1.54) is 0 Å². The molecular formula is C19H15ClN4O3. The minimum atomic E-state index is 0.248. The summed E-state index contributed by atoms with van der Waals surface area (Å²) in [7, 11) is 0. The molecular weight excluding hydrogens is 368 g/mol. The minimum absolute atomic E-state index is 0.248. The normalized spacial score (nSPS) is 10.9. The van der Waals surface area contributed by atoms with Crippen molar-refractivity contribution in [3.63, 3.8) is 0 Å². The van der Waals surface area contributed by atoms with Crippen LogP contribution < -0.4 is 4.74 Å². The van der Waals surface area contributed by atoms with Crippen molar-refractivity contribution in [1.82, 2.24) is 20.3 Å². The summed E-state index contributed by atoms with van der Waals surface area (Å²) in [6.45, 7) is 2.56. The van der Waals surface area contributed by atoms with Gasteiger partial charge in [0.05, 0.1) is 6.61 Å². The van der Waals surface area contributed by atoms with Crippen molar-refractivity contribution in [2.75, 3.05) is 6.61 Å². The van der Waals surface area contributed by atoms with Crippen LogP contribution in [0.1, 0.15) is 18.7 Å². The predicted molar refractivity (Wildman–Crippen MR) is 98.5 cm³/mol. The zero-order valence-electron chi connectivity index (χ0n) is 14.4. The quantitative estimate of drug-likeness (QED) is 0.487. The molecule has 7 nitrogen and oxygen atoms in total. The number of hydrogen-bond acceptors (Lipinski definition) is 7. The molecule has 0 atom stereocenters. The molecule has 0 aliphatic rings. The molecule has 0 aliphatic carbocycles. The second-order valence-corrected chi connectivity index (χ2v) is 6.09. The Morgan fingerprint density at radius 2 is 1.85 bits per heavy atom. The summed E-state index contributed by atoms with van der Waals surface area (Å²) in [5, 5.41) is 12.7. The van der Waals surface area contributed by atoms with Gasteiger partial charge in [0, 0.05) is 16.1 Å². The third-order valence-corrected chi connectivity index (χ3v) is 3.97. The van der Waals surface area contributed by atoms with E-state index in [-0.39, 0.29) is 6.42 Å². The molecule has 0 amide bonds. The topological polar surface area (TPSA) is 87.1 Å². The molecule has 0 saturated carbocycles. The molecule has 0 unspecified atom stereocenters. The van der Waals surface area contributed by atoms with E-state index in [1.54, 1.807) is 12.1 Å². The van der Waals surface area contributed by atoms with Crippen molar-refractivity contribution in [2.24, 2.45) is 0 Å². The van der Waals surface area contributed by atoms with Crippen molar-refractivity contribution in [3.05, 3.63) is 65.3 Å². The number of ether oxygens (including phenoxy) is 1. The van der Waals surface area contributed by atoms with E-state index in [0.29, 0.717) is 35.1 Å². The van der Waals surface area contributed by atoms with Crippen molar-refractivity contribution < 1.29 is 13.7 Å². The van der Waals surface area contributed by atoms with Crippen LogP contribution in [0.25, 0.3) is 22.8 Å². The number of hydrogen-bond donors (Lipinski definition) is 0. The molecule has 0 radical (unpaired) electrons. The molecule has 2 aromatic carbocycles. The van der Waals surface area contributed by atoms with Gasteiger partial charge in [-0.2, -0.15) is 4.98 Å². The third-order valence-electron chi connectivity index (χ3n) is 3.73. The summed E-state index contributed by atoms with van der Waals surface area (Å²) in [5.41, 5.74) is 1.58. The van der Waals surface area contributed by atoms with E-state index in [4.69, 9.17) is 25.3 Å². The Balaban J connectivity index is 1.48. The molecule has 136 valence electrons. The molecule has 2 heterocycles. The highest BCUT2D eigenvalue weighted by atomic mass is 35.5. The highest BCUT2D eigenvalue weighted by molar-refractivity contribution is 6.30. The van der Waals surface area contributed by atoms with E-state index in [0.717, 1.165) is 16.9 Å². The summed E-state index contributed by atoms with van der Waals surface area (Å²) in [6, 6.07) is 14.7. The fourth-order valence-electron chi connectivity index (χ4n) is 2.50. The van der Waals surface area contributed by atoms with E-state index in [2.05, 4.69) is 20.3 Å². The third kappa shape index (κ3) is 3.98. The molecule has 4 rings (SSSR count). The molecule has 2 aromatic heterocycles. The highest BCUT2D eigenvalue weighted by Crippen LogP contribution is 2.23. The van der Waals surface area contributed by atoms with Crippen LogP contribution in [0.4, 0.5) is 0 Å². The maximum atomic E-state index is 5.99. The average molecular weight is 383 g/mol. The van der Waals surface area contributed by atoms with E-state index < -0.39 is 0 Å². The van der Waals surface area contributed by atoms with Crippen LogP contribution in [0.5, 0.6) is 5.75 Å². The molecule has 0 fully saturated rings. The van der Waals surface area contributed by atoms with E-state index in [9.17, 15) is 0 Å². The van der Waals surface area contributed by atoms with Gasteiger partial charge in [-0.05, 0) is 49.4 Å². The monoisotopic (exact) mass is 382 g/mol. The lowest BCUT2D eigenvalue weighted by molar-refractivity contribution is 0.340. The van der Waals surface area contributed by atoms with Crippen molar-refractivity contribution in [1.29, 1.82) is 0 Å². The summed E-state index contributed by atoms with van der Waals surface area (Å²) >= 11 is 5.99. The maximum Gasteiger partial charge on any atom is 0.247 e. The smallest absolute Gasteiger partial charge is 0.247 e. The summed E-state index contributed by atoms with van der Waals surface area (Å²) in [6.07, 6.45) is 0.248. The average Bonchev–Trinajstić information content (AvgIpc) is 3.33. The lowest BCUT2D eigenvalue weighted by Crippen LogP contribution is -1.91.